The van der Waals surface area contributed by atoms with Crippen LogP contribution in [0.4, 0.5) is 18.9 Å². The van der Waals surface area contributed by atoms with Crippen LogP contribution in [0.25, 0.3) is 10.8 Å². The molecule has 0 aliphatic rings. The largest absolute Gasteiger partial charge is 0.416 e. The first-order valence-electron chi connectivity index (χ1n) is 7.79. The number of carbonyl (C=O) groups excluding carboxylic acids is 1. The number of carbonyl (C=O) groups is 1. The third-order valence-corrected chi connectivity index (χ3v) is 3.83. The van der Waals surface area contributed by atoms with E-state index in [9.17, 15) is 22.8 Å². The van der Waals surface area contributed by atoms with Gasteiger partial charge < -0.3 is 5.32 Å². The number of alkyl halides is 3. The molecule has 0 saturated heterocycles. The molecular formula is C18H14F3N3O2. The maximum Gasteiger partial charge on any atom is 0.416 e. The summed E-state index contributed by atoms with van der Waals surface area (Å²) in [6, 6.07) is 10.8. The van der Waals surface area contributed by atoms with Gasteiger partial charge in [0.1, 0.15) is 0 Å². The quantitative estimate of drug-likeness (QED) is 0.774. The van der Waals surface area contributed by atoms with Gasteiger partial charge in [-0.1, -0.05) is 24.3 Å². The molecule has 134 valence electrons. The minimum atomic E-state index is -4.51. The zero-order valence-electron chi connectivity index (χ0n) is 13.7. The van der Waals surface area contributed by atoms with Crippen molar-refractivity contribution in [3.05, 3.63) is 70.1 Å². The average molecular weight is 361 g/mol. The fraction of sp³-hybridized carbons (Fsp3) is 0.167. The van der Waals surface area contributed by atoms with Crippen molar-refractivity contribution in [2.75, 3.05) is 5.32 Å². The Bertz CT molecular complexity index is 1040. The number of halogens is 3. The fourth-order valence-corrected chi connectivity index (χ4v) is 2.58. The predicted octanol–water partition coefficient (Wildman–Crippen LogP) is 3.69. The number of hydrogen-bond acceptors (Lipinski definition) is 3. The van der Waals surface area contributed by atoms with E-state index < -0.39 is 17.6 Å². The number of amides is 1. The normalized spacial score (nSPS) is 11.5. The number of aromatic nitrogens is 2. The van der Waals surface area contributed by atoms with E-state index in [1.165, 1.54) is 12.1 Å². The van der Waals surface area contributed by atoms with Crippen molar-refractivity contribution >= 4 is 22.4 Å². The molecule has 5 nitrogen and oxygen atoms in total. The average Bonchev–Trinajstić information content (AvgIpc) is 2.61. The van der Waals surface area contributed by atoms with E-state index in [2.05, 4.69) is 10.4 Å². The number of hydrogen-bond donors (Lipinski definition) is 1. The summed E-state index contributed by atoms with van der Waals surface area (Å²) in [6.07, 6.45) is -4.51. The minimum absolute atomic E-state index is 0.00930. The lowest BCUT2D eigenvalue weighted by Crippen LogP contribution is -2.27. The molecule has 0 atom stereocenters. The molecule has 0 fully saturated rings. The second-order valence-electron chi connectivity index (χ2n) is 5.55. The summed E-state index contributed by atoms with van der Waals surface area (Å²) in [4.78, 5) is 24.9. The number of nitrogens with one attached hydrogen (secondary N) is 1. The highest BCUT2D eigenvalue weighted by Gasteiger charge is 2.30. The van der Waals surface area contributed by atoms with Crippen LogP contribution in [0.15, 0.2) is 53.3 Å². The number of aryl methyl sites for hydroxylation is 1. The lowest BCUT2D eigenvalue weighted by Gasteiger charge is -2.12. The minimum Gasteiger partial charge on any atom is -0.321 e. The van der Waals surface area contributed by atoms with Crippen LogP contribution >= 0.6 is 0 Å². The first-order valence-corrected chi connectivity index (χ1v) is 7.79. The molecule has 1 heterocycles. The molecule has 1 amide bonds. The first kappa shape index (κ1) is 17.7. The number of anilines is 1. The highest BCUT2D eigenvalue weighted by molar-refractivity contribution is 6.11. The van der Waals surface area contributed by atoms with E-state index in [0.29, 0.717) is 10.8 Å². The SMILES string of the molecule is CCn1nc(C(=O)Nc2cccc(C(F)(F)F)c2)c2ccccc2c1=O. The second kappa shape index (κ2) is 6.62. The molecule has 1 aromatic heterocycles. The lowest BCUT2D eigenvalue weighted by molar-refractivity contribution is -0.137. The summed E-state index contributed by atoms with van der Waals surface area (Å²) in [7, 11) is 0. The summed E-state index contributed by atoms with van der Waals surface area (Å²) >= 11 is 0. The molecule has 8 heteroatoms. The molecule has 0 spiro atoms. The molecule has 0 unspecified atom stereocenters. The highest BCUT2D eigenvalue weighted by atomic mass is 19.4. The van der Waals surface area contributed by atoms with Gasteiger partial charge in [0.25, 0.3) is 11.5 Å². The van der Waals surface area contributed by atoms with Crippen LogP contribution in [0, 0.1) is 0 Å². The van der Waals surface area contributed by atoms with Gasteiger partial charge in [-0.05, 0) is 31.2 Å². The highest BCUT2D eigenvalue weighted by Crippen LogP contribution is 2.30. The number of nitrogens with zero attached hydrogens (tertiary/aromatic N) is 2. The third-order valence-electron chi connectivity index (χ3n) is 3.83. The predicted molar refractivity (Wildman–Crippen MR) is 91.1 cm³/mol. The first-order chi connectivity index (χ1) is 12.3. The topological polar surface area (TPSA) is 64.0 Å². The van der Waals surface area contributed by atoms with E-state index in [1.54, 1.807) is 31.2 Å². The Balaban J connectivity index is 2.04. The Labute approximate surface area is 146 Å². The Hall–Kier alpha value is -3.16. The Kier molecular flexibility index (Phi) is 4.50. The molecule has 3 aromatic rings. The van der Waals surface area contributed by atoms with Crippen molar-refractivity contribution in [3.63, 3.8) is 0 Å². The Morgan fingerprint density at radius 1 is 1.12 bits per heavy atom. The van der Waals surface area contributed by atoms with Crippen molar-refractivity contribution < 1.29 is 18.0 Å². The van der Waals surface area contributed by atoms with Gasteiger partial charge in [-0.15, -0.1) is 0 Å². The summed E-state index contributed by atoms with van der Waals surface area (Å²) in [5, 5.41) is 7.13. The van der Waals surface area contributed by atoms with E-state index in [0.717, 1.165) is 16.8 Å². The van der Waals surface area contributed by atoms with Crippen molar-refractivity contribution in [3.8, 4) is 0 Å². The van der Waals surface area contributed by atoms with Crippen molar-refractivity contribution in [2.45, 2.75) is 19.6 Å². The molecule has 1 N–H and O–H groups in total. The van der Waals surface area contributed by atoms with E-state index in [1.807, 2.05) is 0 Å². The van der Waals surface area contributed by atoms with Gasteiger partial charge in [0.05, 0.1) is 10.9 Å². The van der Waals surface area contributed by atoms with Crippen LogP contribution in [0.2, 0.25) is 0 Å². The molecule has 26 heavy (non-hydrogen) atoms. The molecule has 0 bridgehead atoms. The zero-order chi connectivity index (χ0) is 18.9. The van der Waals surface area contributed by atoms with Gasteiger partial charge in [-0.25, -0.2) is 4.68 Å². The second-order valence-corrected chi connectivity index (χ2v) is 5.55. The van der Waals surface area contributed by atoms with Crippen LogP contribution in [-0.4, -0.2) is 15.7 Å². The Morgan fingerprint density at radius 2 is 1.81 bits per heavy atom. The number of rotatable bonds is 3. The summed E-state index contributed by atoms with van der Waals surface area (Å²) in [6.45, 7) is 1.96. The van der Waals surface area contributed by atoms with E-state index >= 15 is 0 Å². The van der Waals surface area contributed by atoms with Gasteiger partial charge in [0.15, 0.2) is 5.69 Å². The Morgan fingerprint density at radius 3 is 2.46 bits per heavy atom. The summed E-state index contributed by atoms with van der Waals surface area (Å²) in [5.74, 6) is -0.692. The van der Waals surface area contributed by atoms with Crippen molar-refractivity contribution in [1.82, 2.24) is 9.78 Å². The summed E-state index contributed by atoms with van der Waals surface area (Å²) in [5.41, 5.74) is -1.24. The summed E-state index contributed by atoms with van der Waals surface area (Å²) < 4.78 is 39.6. The van der Waals surface area contributed by atoms with Gasteiger partial charge >= 0.3 is 6.18 Å². The lowest BCUT2D eigenvalue weighted by atomic mass is 10.1. The van der Waals surface area contributed by atoms with Crippen molar-refractivity contribution in [1.29, 1.82) is 0 Å². The fourth-order valence-electron chi connectivity index (χ4n) is 2.58. The molecule has 0 saturated carbocycles. The van der Waals surface area contributed by atoms with Gasteiger partial charge in [-0.2, -0.15) is 18.3 Å². The van der Waals surface area contributed by atoms with E-state index in [-0.39, 0.29) is 23.5 Å². The van der Waals surface area contributed by atoms with Crippen LogP contribution in [0.1, 0.15) is 23.0 Å². The molecule has 0 radical (unpaired) electrons. The van der Waals surface area contributed by atoms with E-state index in [4.69, 9.17) is 0 Å². The van der Waals surface area contributed by atoms with Gasteiger partial charge in [0, 0.05) is 17.6 Å². The van der Waals surface area contributed by atoms with Crippen LogP contribution in [0.5, 0.6) is 0 Å². The van der Waals surface area contributed by atoms with Crippen LogP contribution in [-0.2, 0) is 12.7 Å². The molecule has 2 aromatic carbocycles. The van der Waals surface area contributed by atoms with Gasteiger partial charge in [-0.3, -0.25) is 9.59 Å². The molecule has 0 aliphatic heterocycles. The zero-order valence-corrected chi connectivity index (χ0v) is 13.7. The maximum atomic E-state index is 12.8. The van der Waals surface area contributed by atoms with Crippen LogP contribution in [0.3, 0.4) is 0 Å². The van der Waals surface area contributed by atoms with Gasteiger partial charge in [0.2, 0.25) is 0 Å². The molecule has 3 rings (SSSR count). The number of fused-ring (bicyclic) bond motifs is 1. The van der Waals surface area contributed by atoms with Crippen molar-refractivity contribution in [2.24, 2.45) is 0 Å². The molecular weight excluding hydrogens is 347 g/mol. The molecule has 0 aliphatic carbocycles. The standard InChI is InChI=1S/C18H14F3N3O2/c1-2-24-17(26)14-9-4-3-8-13(14)15(23-24)16(25)22-12-7-5-6-11(10-12)18(19,20)21/h3-10H,2H2,1H3,(H,22,25). The third kappa shape index (κ3) is 3.30. The maximum absolute atomic E-state index is 12.8. The van der Waals surface area contributed by atoms with Crippen LogP contribution < -0.4 is 10.9 Å². The smallest absolute Gasteiger partial charge is 0.321 e. The number of benzene rings is 2. The monoisotopic (exact) mass is 361 g/mol.